The van der Waals surface area contributed by atoms with Crippen LogP contribution in [0.15, 0.2) is 30.3 Å². The van der Waals surface area contributed by atoms with Crippen molar-refractivity contribution in [1.82, 2.24) is 30.0 Å². The van der Waals surface area contributed by atoms with Crippen LogP contribution >= 0.6 is 0 Å². The highest BCUT2D eigenvalue weighted by molar-refractivity contribution is 5.15. The van der Waals surface area contributed by atoms with E-state index in [-0.39, 0.29) is 6.04 Å². The average Bonchev–Trinajstić information content (AvgIpc) is 3.36. The van der Waals surface area contributed by atoms with Crippen LogP contribution in [0, 0.1) is 5.92 Å². The maximum absolute atomic E-state index is 4.45. The summed E-state index contributed by atoms with van der Waals surface area (Å²) in [6.07, 6.45) is 5.60. The molecule has 0 spiro atoms. The molecule has 0 bridgehead atoms. The van der Waals surface area contributed by atoms with Crippen molar-refractivity contribution in [3.05, 3.63) is 41.7 Å². The number of benzene rings is 1. The third-order valence-electron chi connectivity index (χ3n) is 6.21. The molecule has 146 valence electrons. The van der Waals surface area contributed by atoms with E-state index in [1.165, 1.54) is 44.3 Å². The van der Waals surface area contributed by atoms with Crippen LogP contribution in [0.4, 0.5) is 0 Å². The van der Waals surface area contributed by atoms with Crippen molar-refractivity contribution in [2.75, 3.05) is 26.2 Å². The first kappa shape index (κ1) is 18.6. The molecule has 1 aliphatic heterocycles. The van der Waals surface area contributed by atoms with Crippen molar-refractivity contribution < 1.29 is 0 Å². The highest BCUT2D eigenvalue weighted by atomic mass is 15.6. The van der Waals surface area contributed by atoms with E-state index >= 15 is 0 Å². The summed E-state index contributed by atoms with van der Waals surface area (Å²) in [6, 6.07) is 11.6. The minimum Gasteiger partial charge on any atom is -0.298 e. The van der Waals surface area contributed by atoms with Gasteiger partial charge in [-0.1, -0.05) is 57.0 Å². The molecule has 0 amide bonds. The predicted molar refractivity (Wildman–Crippen MR) is 106 cm³/mol. The first-order valence-corrected chi connectivity index (χ1v) is 10.5. The van der Waals surface area contributed by atoms with Crippen molar-refractivity contribution >= 4 is 0 Å². The molecule has 1 unspecified atom stereocenters. The van der Waals surface area contributed by atoms with Crippen molar-refractivity contribution in [1.29, 1.82) is 0 Å². The Bertz CT molecular complexity index is 698. The fraction of sp³-hybridized carbons (Fsp3) is 0.667. The zero-order chi connectivity index (χ0) is 18.6. The number of piperazine rings is 1. The molecule has 2 aromatic rings. The van der Waals surface area contributed by atoms with Crippen LogP contribution in [-0.2, 0) is 6.54 Å². The quantitative estimate of drug-likeness (QED) is 0.785. The number of hydrogen-bond acceptors (Lipinski definition) is 5. The molecule has 1 saturated heterocycles. The maximum Gasteiger partial charge on any atom is 0.169 e. The van der Waals surface area contributed by atoms with E-state index in [0.717, 1.165) is 31.5 Å². The minimum atomic E-state index is 0.273. The van der Waals surface area contributed by atoms with Crippen molar-refractivity contribution in [2.45, 2.75) is 58.2 Å². The Morgan fingerprint density at radius 2 is 1.70 bits per heavy atom. The Kier molecular flexibility index (Phi) is 5.83. The predicted octanol–water partition coefficient (Wildman–Crippen LogP) is 2.98. The summed E-state index contributed by atoms with van der Waals surface area (Å²) in [5.74, 6) is 1.48. The van der Waals surface area contributed by atoms with Gasteiger partial charge >= 0.3 is 0 Å². The fourth-order valence-corrected chi connectivity index (χ4v) is 4.83. The van der Waals surface area contributed by atoms with Crippen LogP contribution < -0.4 is 0 Å². The van der Waals surface area contributed by atoms with Crippen LogP contribution in [0.2, 0.25) is 0 Å². The molecule has 1 aromatic heterocycles. The Morgan fingerprint density at radius 3 is 2.37 bits per heavy atom. The molecule has 2 fully saturated rings. The molecule has 1 atom stereocenters. The highest BCUT2D eigenvalue weighted by Crippen LogP contribution is 2.30. The van der Waals surface area contributed by atoms with Crippen molar-refractivity contribution in [3.8, 4) is 0 Å². The van der Waals surface area contributed by atoms with Crippen molar-refractivity contribution in [3.63, 3.8) is 0 Å². The molecule has 1 aromatic carbocycles. The van der Waals surface area contributed by atoms with E-state index in [1.807, 2.05) is 10.7 Å². The number of tetrazole rings is 1. The molecule has 2 heterocycles. The molecule has 6 nitrogen and oxygen atoms in total. The zero-order valence-corrected chi connectivity index (χ0v) is 16.7. The molecular formula is C21H32N6. The topological polar surface area (TPSA) is 50.1 Å². The molecule has 2 aliphatic rings. The Morgan fingerprint density at radius 1 is 1.00 bits per heavy atom. The van der Waals surface area contributed by atoms with Gasteiger partial charge in [-0.25, -0.2) is 4.68 Å². The molecule has 1 saturated carbocycles. The second-order valence-corrected chi connectivity index (χ2v) is 8.38. The van der Waals surface area contributed by atoms with E-state index < -0.39 is 0 Å². The first-order chi connectivity index (χ1) is 13.2. The van der Waals surface area contributed by atoms with E-state index in [4.69, 9.17) is 0 Å². The molecule has 1 aliphatic carbocycles. The maximum atomic E-state index is 4.45. The third-order valence-corrected chi connectivity index (χ3v) is 6.21. The van der Waals surface area contributed by atoms with E-state index in [1.54, 1.807) is 0 Å². The van der Waals surface area contributed by atoms with E-state index in [0.29, 0.717) is 5.92 Å². The highest BCUT2D eigenvalue weighted by Gasteiger charge is 2.33. The Hall–Kier alpha value is -1.79. The summed E-state index contributed by atoms with van der Waals surface area (Å²) >= 11 is 0. The van der Waals surface area contributed by atoms with Crippen LogP contribution in [0.5, 0.6) is 0 Å². The van der Waals surface area contributed by atoms with Crippen LogP contribution in [-0.4, -0.2) is 62.2 Å². The second-order valence-electron chi connectivity index (χ2n) is 8.38. The standard InChI is InChI=1S/C21H32N6/c1-17(2)20(26-14-12-25(13-15-26)19-10-6-7-11-19)21-22-23-24-27(21)16-18-8-4-3-5-9-18/h3-5,8-9,17,19-20H,6-7,10-16H2,1-2H3. The normalized spacial score (nSPS) is 21.1. The van der Waals surface area contributed by atoms with Gasteiger partial charge < -0.3 is 0 Å². The van der Waals surface area contributed by atoms with E-state index in [2.05, 4.69) is 63.4 Å². The van der Waals surface area contributed by atoms with Gasteiger partial charge in [-0.05, 0) is 34.7 Å². The van der Waals surface area contributed by atoms with Crippen LogP contribution in [0.1, 0.15) is 57.0 Å². The van der Waals surface area contributed by atoms with Crippen LogP contribution in [0.3, 0.4) is 0 Å². The molecule has 0 radical (unpaired) electrons. The summed E-state index contributed by atoms with van der Waals surface area (Å²) in [4.78, 5) is 5.32. The number of hydrogen-bond donors (Lipinski definition) is 0. The summed E-state index contributed by atoms with van der Waals surface area (Å²) in [7, 11) is 0. The Labute approximate surface area is 162 Å². The van der Waals surface area contributed by atoms with Gasteiger partial charge in [0, 0.05) is 32.2 Å². The minimum absolute atomic E-state index is 0.273. The number of rotatable bonds is 6. The number of aromatic nitrogens is 4. The lowest BCUT2D eigenvalue weighted by molar-refractivity contribution is 0.0501. The largest absolute Gasteiger partial charge is 0.298 e. The van der Waals surface area contributed by atoms with Gasteiger partial charge in [0.05, 0.1) is 12.6 Å². The fourth-order valence-electron chi connectivity index (χ4n) is 4.83. The second kappa shape index (κ2) is 8.48. The summed E-state index contributed by atoms with van der Waals surface area (Å²) < 4.78 is 1.99. The summed E-state index contributed by atoms with van der Waals surface area (Å²) in [6.45, 7) is 9.87. The van der Waals surface area contributed by atoms with Gasteiger partial charge in [0.2, 0.25) is 0 Å². The molecular weight excluding hydrogens is 336 g/mol. The smallest absolute Gasteiger partial charge is 0.169 e. The van der Waals surface area contributed by atoms with Gasteiger partial charge in [-0.2, -0.15) is 0 Å². The van der Waals surface area contributed by atoms with Gasteiger partial charge in [0.25, 0.3) is 0 Å². The van der Waals surface area contributed by atoms with Gasteiger partial charge in [-0.15, -0.1) is 5.10 Å². The van der Waals surface area contributed by atoms with Crippen LogP contribution in [0.25, 0.3) is 0 Å². The van der Waals surface area contributed by atoms with Crippen molar-refractivity contribution in [2.24, 2.45) is 5.92 Å². The van der Waals surface area contributed by atoms with Gasteiger partial charge in [-0.3, -0.25) is 9.80 Å². The monoisotopic (exact) mass is 368 g/mol. The molecule has 6 heteroatoms. The summed E-state index contributed by atoms with van der Waals surface area (Å²) in [5, 5.41) is 12.8. The molecule has 27 heavy (non-hydrogen) atoms. The average molecular weight is 369 g/mol. The lowest BCUT2D eigenvalue weighted by Gasteiger charge is -2.42. The lowest BCUT2D eigenvalue weighted by atomic mass is 10.00. The first-order valence-electron chi connectivity index (χ1n) is 10.5. The summed E-state index contributed by atoms with van der Waals surface area (Å²) in [5.41, 5.74) is 1.24. The SMILES string of the molecule is CC(C)C(c1nnnn1Cc1ccccc1)N1CCN(C2CCCC2)CC1. The third kappa shape index (κ3) is 4.22. The zero-order valence-electron chi connectivity index (χ0n) is 16.7. The number of nitrogens with zero attached hydrogens (tertiary/aromatic N) is 6. The Balaban J connectivity index is 1.46. The molecule has 4 rings (SSSR count). The lowest BCUT2D eigenvalue weighted by Crippen LogP contribution is -2.51. The van der Waals surface area contributed by atoms with Gasteiger partial charge in [0.15, 0.2) is 5.82 Å². The van der Waals surface area contributed by atoms with Gasteiger partial charge in [0.1, 0.15) is 0 Å². The molecule has 0 N–H and O–H groups in total. The van der Waals surface area contributed by atoms with E-state index in [9.17, 15) is 0 Å².